The molecule has 1 heterocycles. The fourth-order valence-corrected chi connectivity index (χ4v) is 3.47. The third kappa shape index (κ3) is 5.60. The second kappa shape index (κ2) is 8.61. The maximum Gasteiger partial charge on any atom is 0.573 e. The van der Waals surface area contributed by atoms with Crippen LogP contribution in [-0.4, -0.2) is 47.8 Å². The van der Waals surface area contributed by atoms with Crippen molar-refractivity contribution in [1.82, 2.24) is 0 Å². The zero-order valence-electron chi connectivity index (χ0n) is 14.3. The van der Waals surface area contributed by atoms with E-state index >= 15 is 0 Å². The van der Waals surface area contributed by atoms with Crippen molar-refractivity contribution < 1.29 is 42.8 Å². The van der Waals surface area contributed by atoms with Crippen LogP contribution in [-0.2, 0) is 19.1 Å². The lowest BCUT2D eigenvalue weighted by Gasteiger charge is -2.16. The number of imide groups is 1. The van der Waals surface area contributed by atoms with Crippen molar-refractivity contribution in [3.05, 3.63) is 24.3 Å². The minimum atomic E-state index is -4.83. The number of hydrogen-bond donors (Lipinski definition) is 1. The number of quaternary nitrogens is 1. The third-order valence-corrected chi connectivity index (χ3v) is 4.92. The predicted molar refractivity (Wildman–Crippen MR) is 89.8 cm³/mol. The fourth-order valence-electron chi connectivity index (χ4n) is 2.36. The van der Waals surface area contributed by atoms with Crippen molar-refractivity contribution in [2.45, 2.75) is 31.0 Å². The standard InChI is InChI=1S/C16H17F3N2O5S/c1-2-25-15(24)11(20)8-27-12-7-13(22)21(14(12)23)9-3-5-10(6-4-9)26-16(17,18)19/h3-6,11-12H,2,7-8,20H2,1H3/p+1/t11-,12+/m0/s1. The van der Waals surface area contributed by atoms with E-state index in [-0.39, 0.29) is 24.5 Å². The molecule has 1 aromatic carbocycles. The molecule has 1 aliphatic heterocycles. The summed E-state index contributed by atoms with van der Waals surface area (Å²) in [7, 11) is 0. The average Bonchev–Trinajstić information content (AvgIpc) is 2.86. The molecule has 0 aliphatic carbocycles. The number of hydrogen-bond acceptors (Lipinski definition) is 6. The molecule has 7 nitrogen and oxygen atoms in total. The van der Waals surface area contributed by atoms with E-state index in [1.54, 1.807) is 6.92 Å². The molecule has 27 heavy (non-hydrogen) atoms. The van der Waals surface area contributed by atoms with Crippen molar-refractivity contribution in [2.75, 3.05) is 17.3 Å². The Morgan fingerprint density at radius 2 is 1.96 bits per heavy atom. The number of amides is 2. The van der Waals surface area contributed by atoms with E-state index in [9.17, 15) is 27.6 Å². The molecular weight excluding hydrogens is 389 g/mol. The second-order valence-electron chi connectivity index (χ2n) is 5.58. The number of benzene rings is 1. The molecule has 148 valence electrons. The summed E-state index contributed by atoms with van der Waals surface area (Å²) in [6.07, 6.45) is -4.90. The monoisotopic (exact) mass is 407 g/mol. The van der Waals surface area contributed by atoms with E-state index in [2.05, 4.69) is 10.5 Å². The van der Waals surface area contributed by atoms with Crippen LogP contribution in [0.2, 0.25) is 0 Å². The minimum absolute atomic E-state index is 0.0696. The molecule has 0 radical (unpaired) electrons. The Morgan fingerprint density at radius 3 is 2.52 bits per heavy atom. The summed E-state index contributed by atoms with van der Waals surface area (Å²) in [4.78, 5) is 37.1. The van der Waals surface area contributed by atoms with Gasteiger partial charge in [0.25, 0.3) is 0 Å². The van der Waals surface area contributed by atoms with Crippen molar-refractivity contribution >= 4 is 35.2 Å². The van der Waals surface area contributed by atoms with Crippen LogP contribution >= 0.6 is 11.8 Å². The molecule has 3 N–H and O–H groups in total. The number of alkyl halides is 3. The summed E-state index contributed by atoms with van der Waals surface area (Å²) in [5.74, 6) is -1.71. The van der Waals surface area contributed by atoms with Gasteiger partial charge < -0.3 is 15.2 Å². The van der Waals surface area contributed by atoms with Gasteiger partial charge >= 0.3 is 12.3 Å². The number of anilines is 1. The number of halogens is 3. The van der Waals surface area contributed by atoms with Crippen LogP contribution in [0.4, 0.5) is 18.9 Å². The lowest BCUT2D eigenvalue weighted by atomic mass is 10.3. The zero-order chi connectivity index (χ0) is 20.2. The lowest BCUT2D eigenvalue weighted by Crippen LogP contribution is -2.66. The average molecular weight is 407 g/mol. The minimum Gasteiger partial charge on any atom is -0.462 e. The van der Waals surface area contributed by atoms with Gasteiger partial charge in [-0.3, -0.25) is 9.59 Å². The van der Waals surface area contributed by atoms with Crippen LogP contribution in [0.1, 0.15) is 13.3 Å². The van der Waals surface area contributed by atoms with Crippen molar-refractivity contribution in [1.29, 1.82) is 0 Å². The first-order valence-electron chi connectivity index (χ1n) is 7.96. The van der Waals surface area contributed by atoms with Gasteiger partial charge in [0, 0.05) is 6.42 Å². The van der Waals surface area contributed by atoms with Crippen LogP contribution < -0.4 is 15.4 Å². The molecule has 1 aliphatic rings. The van der Waals surface area contributed by atoms with Gasteiger partial charge in [0.05, 0.1) is 23.3 Å². The number of ether oxygens (including phenoxy) is 2. The van der Waals surface area contributed by atoms with Crippen LogP contribution in [0.5, 0.6) is 5.75 Å². The van der Waals surface area contributed by atoms with E-state index in [4.69, 9.17) is 4.74 Å². The van der Waals surface area contributed by atoms with Gasteiger partial charge in [-0.1, -0.05) is 0 Å². The van der Waals surface area contributed by atoms with E-state index < -0.39 is 41.2 Å². The molecule has 0 bridgehead atoms. The highest BCUT2D eigenvalue weighted by molar-refractivity contribution is 8.00. The highest BCUT2D eigenvalue weighted by Crippen LogP contribution is 2.31. The molecule has 0 spiro atoms. The molecule has 2 amide bonds. The van der Waals surface area contributed by atoms with Crippen LogP contribution in [0.3, 0.4) is 0 Å². The van der Waals surface area contributed by atoms with Crippen LogP contribution in [0, 0.1) is 0 Å². The molecule has 2 atom stereocenters. The second-order valence-corrected chi connectivity index (χ2v) is 6.82. The van der Waals surface area contributed by atoms with Crippen molar-refractivity contribution in [2.24, 2.45) is 0 Å². The summed E-state index contributed by atoms with van der Waals surface area (Å²) in [6, 6.07) is 3.78. The molecule has 1 fully saturated rings. The smallest absolute Gasteiger partial charge is 0.462 e. The summed E-state index contributed by atoms with van der Waals surface area (Å²) in [5.41, 5.74) is 3.82. The van der Waals surface area contributed by atoms with Gasteiger partial charge in [-0.25, -0.2) is 9.69 Å². The molecule has 11 heteroatoms. The summed E-state index contributed by atoms with van der Waals surface area (Å²) < 4.78 is 45.2. The number of nitrogens with zero attached hydrogens (tertiary/aromatic N) is 1. The van der Waals surface area contributed by atoms with Gasteiger partial charge in [0.1, 0.15) is 5.75 Å². The van der Waals surface area contributed by atoms with Crippen molar-refractivity contribution in [3.8, 4) is 5.75 Å². The molecule has 0 unspecified atom stereocenters. The molecule has 1 aromatic rings. The number of esters is 1. The number of carbonyl (C=O) groups excluding carboxylic acids is 3. The van der Waals surface area contributed by atoms with Gasteiger partial charge in [-0.05, 0) is 31.2 Å². The first-order valence-corrected chi connectivity index (χ1v) is 9.01. The van der Waals surface area contributed by atoms with Gasteiger partial charge in [0.2, 0.25) is 11.8 Å². The maximum absolute atomic E-state index is 12.5. The Labute approximate surface area is 157 Å². The SMILES string of the molecule is CCOC(=O)[C@@H]([NH3+])CS[C@@H]1CC(=O)N(c2ccc(OC(F)(F)F)cc2)C1=O. The first kappa shape index (κ1) is 21.0. The highest BCUT2D eigenvalue weighted by Gasteiger charge is 2.40. The number of rotatable bonds is 7. The Morgan fingerprint density at radius 1 is 1.33 bits per heavy atom. The Kier molecular flexibility index (Phi) is 6.71. The lowest BCUT2D eigenvalue weighted by molar-refractivity contribution is -0.401. The summed E-state index contributed by atoms with van der Waals surface area (Å²) in [6.45, 7) is 1.89. The van der Waals surface area contributed by atoms with E-state index in [1.165, 1.54) is 12.1 Å². The highest BCUT2D eigenvalue weighted by atomic mass is 32.2. The predicted octanol–water partition coefficient (Wildman–Crippen LogP) is 1.12. The van der Waals surface area contributed by atoms with E-state index in [1.807, 2.05) is 0 Å². The number of carbonyl (C=O) groups is 3. The molecule has 0 aromatic heterocycles. The maximum atomic E-state index is 12.5. The molecule has 1 saturated heterocycles. The largest absolute Gasteiger partial charge is 0.573 e. The summed E-state index contributed by atoms with van der Waals surface area (Å²) in [5, 5.41) is -0.692. The molecule has 0 saturated carbocycles. The topological polar surface area (TPSA) is 101 Å². The Hall–Kier alpha value is -2.27. The zero-order valence-corrected chi connectivity index (χ0v) is 15.1. The molecular formula is C16H18F3N2O5S+. The Balaban J connectivity index is 2.00. The third-order valence-electron chi connectivity index (χ3n) is 3.55. The molecule has 2 rings (SSSR count). The Bertz CT molecular complexity index is 711. The van der Waals surface area contributed by atoms with Gasteiger partial charge in [0.15, 0.2) is 6.04 Å². The van der Waals surface area contributed by atoms with Crippen molar-refractivity contribution in [3.63, 3.8) is 0 Å². The van der Waals surface area contributed by atoms with Gasteiger partial charge in [-0.15, -0.1) is 24.9 Å². The fraction of sp³-hybridized carbons (Fsp3) is 0.438. The van der Waals surface area contributed by atoms with Crippen LogP contribution in [0.25, 0.3) is 0 Å². The van der Waals surface area contributed by atoms with E-state index in [0.29, 0.717) is 0 Å². The number of thioether (sulfide) groups is 1. The summed E-state index contributed by atoms with van der Waals surface area (Å²) >= 11 is 1.12. The van der Waals surface area contributed by atoms with Crippen LogP contribution in [0.15, 0.2) is 24.3 Å². The quantitative estimate of drug-likeness (QED) is 0.537. The normalized spacial score (nSPS) is 18.6. The van der Waals surface area contributed by atoms with E-state index in [0.717, 1.165) is 28.8 Å². The van der Waals surface area contributed by atoms with Gasteiger partial charge in [-0.2, -0.15) is 0 Å². The first-order chi connectivity index (χ1) is 12.6.